The molecule has 0 aliphatic carbocycles. The molecule has 0 saturated carbocycles. The van der Waals surface area contributed by atoms with E-state index >= 15 is 0 Å². The number of esters is 3. The van der Waals surface area contributed by atoms with Crippen LogP contribution in [-0.4, -0.2) is 50.6 Å². The van der Waals surface area contributed by atoms with Crippen LogP contribution in [0.2, 0.25) is 0 Å². The summed E-state index contributed by atoms with van der Waals surface area (Å²) in [7, 11) is 0. The van der Waals surface area contributed by atoms with Gasteiger partial charge in [0.1, 0.15) is 54.0 Å². The molecule has 6 N–H and O–H groups in total. The van der Waals surface area contributed by atoms with Crippen molar-refractivity contribution in [3.05, 3.63) is 212 Å². The molecular formula is C54H54N6O9. The zero-order valence-electron chi connectivity index (χ0n) is 38.7. The Morgan fingerprint density at radius 1 is 0.348 bits per heavy atom. The second-order valence-corrected chi connectivity index (χ2v) is 16.0. The number of aromatic amines is 3. The second-order valence-electron chi connectivity index (χ2n) is 16.0. The average molecular weight is 931 g/mol. The Balaban J connectivity index is 1.11. The molecule has 7 rings (SSSR count). The van der Waals surface area contributed by atoms with Crippen molar-refractivity contribution in [2.24, 2.45) is 0 Å². The molecule has 3 amide bonds. The van der Waals surface area contributed by atoms with Gasteiger partial charge in [-0.05, 0) is 106 Å². The molecule has 0 radical (unpaired) electrons. The van der Waals surface area contributed by atoms with Crippen molar-refractivity contribution in [1.82, 2.24) is 30.9 Å². The van der Waals surface area contributed by atoms with Crippen molar-refractivity contribution < 1.29 is 43.0 Å². The van der Waals surface area contributed by atoms with Crippen LogP contribution in [0.25, 0.3) is 0 Å². The first-order chi connectivity index (χ1) is 33.6. The molecule has 4 aromatic carbocycles. The van der Waals surface area contributed by atoms with Crippen LogP contribution in [0.1, 0.15) is 134 Å². The Morgan fingerprint density at radius 3 is 0.841 bits per heavy atom. The number of carbonyl (C=O) groups is 6. The highest BCUT2D eigenvalue weighted by molar-refractivity contribution is 5.97. The highest BCUT2D eigenvalue weighted by atomic mass is 16.5. The van der Waals surface area contributed by atoms with Gasteiger partial charge < -0.3 is 45.1 Å². The van der Waals surface area contributed by atoms with Gasteiger partial charge in [0.25, 0.3) is 17.7 Å². The Bertz CT molecular complexity index is 2590. The molecule has 69 heavy (non-hydrogen) atoms. The minimum atomic E-state index is -0.606. The molecule has 0 atom stereocenters. The van der Waals surface area contributed by atoms with E-state index in [2.05, 4.69) is 30.9 Å². The normalized spacial score (nSPS) is 10.8. The summed E-state index contributed by atoms with van der Waals surface area (Å²) in [6, 6.07) is 36.8. The maximum absolute atomic E-state index is 13.7. The lowest BCUT2D eigenvalue weighted by atomic mass is 9.83. The summed E-state index contributed by atoms with van der Waals surface area (Å²) in [6.07, 6.45) is 1.61. The number of hydrogen-bond donors (Lipinski definition) is 6. The number of hydrogen-bond acceptors (Lipinski definition) is 9. The van der Waals surface area contributed by atoms with Crippen molar-refractivity contribution in [1.29, 1.82) is 0 Å². The molecule has 0 bridgehead atoms. The Kier molecular flexibility index (Phi) is 16.4. The van der Waals surface area contributed by atoms with Crippen LogP contribution >= 0.6 is 0 Å². The third-order valence-corrected chi connectivity index (χ3v) is 11.6. The zero-order valence-corrected chi connectivity index (χ0v) is 38.7. The average Bonchev–Trinajstić information content (AvgIpc) is 4.20. The van der Waals surface area contributed by atoms with Crippen molar-refractivity contribution in [2.45, 2.75) is 79.5 Å². The molecule has 0 fully saturated rings. The molecule has 15 heteroatoms. The fourth-order valence-corrected chi connectivity index (χ4v) is 8.15. The molecule has 3 aromatic heterocycles. The Morgan fingerprint density at radius 2 is 0.594 bits per heavy atom. The molecule has 0 aliphatic heterocycles. The molecular weight excluding hydrogens is 877 g/mol. The summed E-state index contributed by atoms with van der Waals surface area (Å²) in [5, 5.41) is 9.06. The van der Waals surface area contributed by atoms with Gasteiger partial charge in [-0.3, -0.25) is 14.4 Å². The number of nitrogens with one attached hydrogen (secondary N) is 6. The lowest BCUT2D eigenvalue weighted by molar-refractivity contribution is 0.0457. The third kappa shape index (κ3) is 12.3. The first kappa shape index (κ1) is 48.5. The van der Waals surface area contributed by atoms with Gasteiger partial charge in [-0.25, -0.2) is 14.4 Å². The maximum Gasteiger partial charge on any atom is 0.355 e. The predicted octanol–water partition coefficient (Wildman–Crippen LogP) is 8.22. The van der Waals surface area contributed by atoms with E-state index in [4.69, 9.17) is 14.2 Å². The number of amides is 3. The minimum absolute atomic E-state index is 0.0743. The Labute approximate surface area is 399 Å². The van der Waals surface area contributed by atoms with Gasteiger partial charge in [0.15, 0.2) is 0 Å². The highest BCUT2D eigenvalue weighted by Gasteiger charge is 2.25. The smallest absolute Gasteiger partial charge is 0.355 e. The molecule has 15 nitrogen and oxygen atoms in total. The number of ether oxygens (including phenoxy) is 3. The summed E-state index contributed by atoms with van der Waals surface area (Å²) in [5.41, 5.74) is 8.52. The molecule has 354 valence electrons. The lowest BCUT2D eigenvalue weighted by Gasteiger charge is -2.26. The first-order valence-corrected chi connectivity index (χ1v) is 22.8. The van der Waals surface area contributed by atoms with Crippen LogP contribution < -0.4 is 16.0 Å². The molecule has 0 aliphatic rings. The quantitative estimate of drug-likeness (QED) is 0.0302. The van der Waals surface area contributed by atoms with E-state index in [9.17, 15) is 28.8 Å². The van der Waals surface area contributed by atoms with Crippen LogP contribution in [0.3, 0.4) is 0 Å². The van der Waals surface area contributed by atoms with E-state index in [1.807, 2.05) is 112 Å². The van der Waals surface area contributed by atoms with E-state index in [0.29, 0.717) is 19.3 Å². The van der Waals surface area contributed by atoms with Crippen LogP contribution in [0.4, 0.5) is 0 Å². The fourth-order valence-electron chi connectivity index (χ4n) is 8.15. The van der Waals surface area contributed by atoms with Crippen molar-refractivity contribution >= 4 is 35.6 Å². The van der Waals surface area contributed by atoms with Crippen LogP contribution in [-0.2, 0) is 72.9 Å². The van der Waals surface area contributed by atoms with Crippen molar-refractivity contribution in [3.63, 3.8) is 0 Å². The minimum Gasteiger partial charge on any atom is -0.456 e. The van der Waals surface area contributed by atoms with Gasteiger partial charge in [0.2, 0.25) is 0 Å². The summed E-state index contributed by atoms with van der Waals surface area (Å²) in [4.78, 5) is 88.4. The summed E-state index contributed by atoms with van der Waals surface area (Å²) in [5.74, 6) is -3.19. The SMILES string of the molecule is CCc1c(CNC(=O)c2ccc(C(=O)OCc3ccccc3)[nH]2)c(CC)c(CNC(=O)c2ccc(C(=O)OCc3ccccc3)[nH]2)c(CC)c1CNC(=O)c1ccc(C(=O)OCc2ccccc2)[nH]1. The van der Waals surface area contributed by atoms with Crippen LogP contribution in [0.15, 0.2) is 127 Å². The first-order valence-electron chi connectivity index (χ1n) is 22.8. The van der Waals surface area contributed by atoms with Gasteiger partial charge in [-0.1, -0.05) is 112 Å². The van der Waals surface area contributed by atoms with Crippen LogP contribution in [0, 0.1) is 0 Å². The number of benzene rings is 4. The topological polar surface area (TPSA) is 214 Å². The van der Waals surface area contributed by atoms with E-state index in [0.717, 1.165) is 50.1 Å². The summed E-state index contributed by atoms with van der Waals surface area (Å²) in [6.45, 7) is 6.46. The number of rotatable bonds is 21. The monoisotopic (exact) mass is 930 g/mol. The standard InChI is InChI=1S/C54H54N6O9/c1-4-37-40(28-55-49(61)43-22-25-46(58-43)52(64)67-31-34-16-10-7-11-17-34)38(5-2)42(30-57-51(63)45-24-27-48(60-45)54(66)69-33-36-20-14-9-15-21-36)39(6-3)41(37)29-56-50(62)44-23-26-47(59-44)53(65)68-32-35-18-12-8-13-19-35/h7-27,58-60H,4-6,28-33H2,1-3H3,(H,55,61)(H,56,62)(H,57,63). The van der Waals surface area contributed by atoms with Gasteiger partial charge >= 0.3 is 17.9 Å². The summed E-state index contributed by atoms with van der Waals surface area (Å²) < 4.78 is 16.3. The number of aromatic nitrogens is 3. The van der Waals surface area contributed by atoms with Crippen molar-refractivity contribution in [3.8, 4) is 0 Å². The lowest BCUT2D eigenvalue weighted by Crippen LogP contribution is -2.30. The molecule has 0 unspecified atom stereocenters. The van der Waals surface area contributed by atoms with E-state index in [-0.39, 0.29) is 73.6 Å². The van der Waals surface area contributed by atoms with E-state index in [1.165, 1.54) is 36.4 Å². The van der Waals surface area contributed by atoms with Gasteiger partial charge in [0.05, 0.1) is 0 Å². The molecule has 3 heterocycles. The highest BCUT2D eigenvalue weighted by Crippen LogP contribution is 2.31. The largest absolute Gasteiger partial charge is 0.456 e. The van der Waals surface area contributed by atoms with Gasteiger partial charge in [-0.2, -0.15) is 0 Å². The molecule has 0 saturated heterocycles. The van der Waals surface area contributed by atoms with Crippen molar-refractivity contribution in [2.75, 3.05) is 0 Å². The fraction of sp³-hybridized carbons (Fsp3) is 0.222. The summed E-state index contributed by atoms with van der Waals surface area (Å²) >= 11 is 0. The molecule has 0 spiro atoms. The maximum atomic E-state index is 13.7. The van der Waals surface area contributed by atoms with Gasteiger partial charge in [0, 0.05) is 19.6 Å². The Hall–Kier alpha value is -8.46. The predicted molar refractivity (Wildman–Crippen MR) is 257 cm³/mol. The zero-order chi connectivity index (χ0) is 48.7. The van der Waals surface area contributed by atoms with Gasteiger partial charge in [-0.15, -0.1) is 0 Å². The third-order valence-electron chi connectivity index (χ3n) is 11.6. The van der Waals surface area contributed by atoms with E-state index in [1.54, 1.807) is 0 Å². The van der Waals surface area contributed by atoms with E-state index < -0.39 is 35.6 Å². The van der Waals surface area contributed by atoms with Crippen LogP contribution in [0.5, 0.6) is 0 Å². The number of carbonyl (C=O) groups excluding carboxylic acids is 6. The second kappa shape index (κ2) is 23.3. The molecule has 7 aromatic rings. The number of H-pyrrole nitrogens is 3.